The van der Waals surface area contributed by atoms with Gasteiger partial charge in [-0.1, -0.05) is 26.0 Å². The summed E-state index contributed by atoms with van der Waals surface area (Å²) in [6.45, 7) is 9.46. The number of rotatable bonds is 10. The molecule has 0 saturated carbocycles. The third kappa shape index (κ3) is 6.90. The Labute approximate surface area is 191 Å². The van der Waals surface area contributed by atoms with Gasteiger partial charge < -0.3 is 25.2 Å². The number of carbonyl (C=O) groups is 2. The summed E-state index contributed by atoms with van der Waals surface area (Å²) in [4.78, 5) is 23.6. The van der Waals surface area contributed by atoms with Crippen LogP contribution < -0.4 is 0 Å². The van der Waals surface area contributed by atoms with Gasteiger partial charge in [-0.3, -0.25) is 9.59 Å². The SMILES string of the molecule is CCC(C)(C)C(=O)O[C@H]1CC(C)(O)C=C2C=C[C@H](C)[C@H](CC[C@@H](O)C[C@@H](O)CC(=O)O)[C@H]21. The summed E-state index contributed by atoms with van der Waals surface area (Å²) in [6, 6.07) is 0. The molecular formula is C25H40O7. The van der Waals surface area contributed by atoms with Gasteiger partial charge in [0.1, 0.15) is 6.10 Å². The van der Waals surface area contributed by atoms with E-state index in [1.54, 1.807) is 6.92 Å². The number of aliphatic hydroxyl groups excluding tert-OH is 2. The van der Waals surface area contributed by atoms with Crippen LogP contribution in [0.2, 0.25) is 0 Å². The van der Waals surface area contributed by atoms with Crippen LogP contribution in [0.1, 0.15) is 73.1 Å². The van der Waals surface area contributed by atoms with E-state index in [9.17, 15) is 24.9 Å². The fourth-order valence-electron chi connectivity index (χ4n) is 4.78. The van der Waals surface area contributed by atoms with E-state index < -0.39 is 41.7 Å². The highest BCUT2D eigenvalue weighted by molar-refractivity contribution is 5.76. The van der Waals surface area contributed by atoms with Gasteiger partial charge in [0.15, 0.2) is 0 Å². The maximum atomic E-state index is 12.9. The van der Waals surface area contributed by atoms with Gasteiger partial charge in [-0.2, -0.15) is 0 Å². The highest BCUT2D eigenvalue weighted by Crippen LogP contribution is 2.46. The third-order valence-electron chi connectivity index (χ3n) is 7.09. The maximum absolute atomic E-state index is 12.9. The molecule has 2 aliphatic rings. The summed E-state index contributed by atoms with van der Waals surface area (Å²) in [7, 11) is 0. The minimum absolute atomic E-state index is 0.00835. The van der Waals surface area contributed by atoms with Crippen LogP contribution in [0.5, 0.6) is 0 Å². The van der Waals surface area contributed by atoms with Crippen molar-refractivity contribution < 1.29 is 34.8 Å². The Balaban J connectivity index is 2.18. The quantitative estimate of drug-likeness (QED) is 0.375. The van der Waals surface area contributed by atoms with Crippen molar-refractivity contribution in [2.45, 2.75) is 97.1 Å². The Bertz CT molecular complexity index is 737. The van der Waals surface area contributed by atoms with E-state index in [1.165, 1.54) is 0 Å². The summed E-state index contributed by atoms with van der Waals surface area (Å²) in [5.41, 5.74) is -0.755. The number of carboxylic acid groups (broad SMARTS) is 1. The van der Waals surface area contributed by atoms with Crippen LogP contribution in [0.15, 0.2) is 23.8 Å². The molecule has 32 heavy (non-hydrogen) atoms. The normalized spacial score (nSPS) is 31.9. The predicted octanol–water partition coefficient (Wildman–Crippen LogP) is 3.22. The molecule has 7 heteroatoms. The second-order valence-corrected chi connectivity index (χ2v) is 10.5. The van der Waals surface area contributed by atoms with Crippen LogP contribution in [-0.2, 0) is 14.3 Å². The number of allylic oxidation sites excluding steroid dienone is 2. The molecule has 0 aromatic rings. The van der Waals surface area contributed by atoms with Gasteiger partial charge in [0.2, 0.25) is 0 Å². The molecule has 0 aliphatic heterocycles. The zero-order chi connectivity index (χ0) is 24.3. The summed E-state index contributed by atoms with van der Waals surface area (Å²) in [5, 5.41) is 39.8. The van der Waals surface area contributed by atoms with Gasteiger partial charge in [0, 0.05) is 12.3 Å². The molecule has 0 fully saturated rings. The molecule has 0 aromatic heterocycles. The molecule has 1 unspecified atom stereocenters. The Kier molecular flexibility index (Phi) is 8.70. The predicted molar refractivity (Wildman–Crippen MR) is 121 cm³/mol. The van der Waals surface area contributed by atoms with Gasteiger partial charge >= 0.3 is 11.9 Å². The lowest BCUT2D eigenvalue weighted by Crippen LogP contribution is -2.47. The van der Waals surface area contributed by atoms with Crippen molar-refractivity contribution in [3.63, 3.8) is 0 Å². The van der Waals surface area contributed by atoms with E-state index in [0.29, 0.717) is 25.7 Å². The average molecular weight is 453 g/mol. The second-order valence-electron chi connectivity index (χ2n) is 10.5. The van der Waals surface area contributed by atoms with E-state index >= 15 is 0 Å². The first-order valence-corrected chi connectivity index (χ1v) is 11.7. The summed E-state index contributed by atoms with van der Waals surface area (Å²) in [5.74, 6) is -1.21. The number of aliphatic carboxylic acids is 1. The number of ether oxygens (including phenoxy) is 1. The molecule has 7 nitrogen and oxygen atoms in total. The number of fused-ring (bicyclic) bond motifs is 1. The molecule has 2 aliphatic carbocycles. The molecule has 0 spiro atoms. The van der Waals surface area contributed by atoms with E-state index in [4.69, 9.17) is 9.84 Å². The Hall–Kier alpha value is -1.70. The largest absolute Gasteiger partial charge is 0.481 e. The highest BCUT2D eigenvalue weighted by atomic mass is 16.5. The zero-order valence-electron chi connectivity index (χ0n) is 20.0. The van der Waals surface area contributed by atoms with E-state index in [0.717, 1.165) is 5.57 Å². The highest BCUT2D eigenvalue weighted by Gasteiger charge is 2.46. The van der Waals surface area contributed by atoms with Crippen LogP contribution >= 0.6 is 0 Å². The fourth-order valence-corrected chi connectivity index (χ4v) is 4.78. The molecule has 2 rings (SSSR count). The molecular weight excluding hydrogens is 412 g/mol. The average Bonchev–Trinajstić information content (AvgIpc) is 2.65. The maximum Gasteiger partial charge on any atom is 0.311 e. The van der Waals surface area contributed by atoms with Crippen molar-refractivity contribution in [3.8, 4) is 0 Å². The van der Waals surface area contributed by atoms with Crippen molar-refractivity contribution >= 4 is 11.9 Å². The van der Waals surface area contributed by atoms with Crippen molar-refractivity contribution in [3.05, 3.63) is 23.8 Å². The summed E-state index contributed by atoms with van der Waals surface area (Å²) >= 11 is 0. The van der Waals surface area contributed by atoms with Crippen molar-refractivity contribution in [2.75, 3.05) is 0 Å². The first kappa shape index (κ1) is 26.6. The number of aliphatic hydroxyl groups is 3. The molecule has 0 aromatic carbocycles. The van der Waals surface area contributed by atoms with Gasteiger partial charge in [-0.05, 0) is 69.9 Å². The van der Waals surface area contributed by atoms with Gasteiger partial charge in [-0.15, -0.1) is 0 Å². The van der Waals surface area contributed by atoms with E-state index in [2.05, 4.69) is 13.0 Å². The summed E-state index contributed by atoms with van der Waals surface area (Å²) < 4.78 is 6.00. The third-order valence-corrected chi connectivity index (χ3v) is 7.09. The molecule has 182 valence electrons. The monoisotopic (exact) mass is 452 g/mol. The lowest BCUT2D eigenvalue weighted by atomic mass is 9.64. The number of hydrogen-bond donors (Lipinski definition) is 4. The fraction of sp³-hybridized carbons (Fsp3) is 0.760. The molecule has 0 heterocycles. The van der Waals surface area contributed by atoms with E-state index in [-0.39, 0.29) is 30.1 Å². The standard InChI is InChI=1S/C25H40O7/c1-6-24(3,4)23(30)32-20-14-25(5,31)13-16-8-7-15(2)19(22(16)20)10-9-17(26)11-18(27)12-21(28)29/h7-8,13,15,17-20,22,26-27,31H,6,9-12,14H2,1-5H3,(H,28,29)/t15-,17+,18+,19-,20-,22-,25?/m0/s1. The lowest BCUT2D eigenvalue weighted by molar-refractivity contribution is -0.167. The summed E-state index contributed by atoms with van der Waals surface area (Å²) in [6.07, 6.45) is 5.14. The van der Waals surface area contributed by atoms with Crippen molar-refractivity contribution in [2.24, 2.45) is 23.2 Å². The topological polar surface area (TPSA) is 124 Å². The van der Waals surface area contributed by atoms with Crippen LogP contribution in [0.3, 0.4) is 0 Å². The van der Waals surface area contributed by atoms with Gasteiger partial charge in [0.25, 0.3) is 0 Å². The first-order valence-electron chi connectivity index (χ1n) is 11.7. The van der Waals surface area contributed by atoms with Crippen LogP contribution in [0, 0.1) is 23.2 Å². The minimum atomic E-state index is -1.10. The number of hydrogen-bond acceptors (Lipinski definition) is 6. The first-order chi connectivity index (χ1) is 14.8. The van der Waals surface area contributed by atoms with Crippen LogP contribution in [0.4, 0.5) is 0 Å². The zero-order valence-corrected chi connectivity index (χ0v) is 20.0. The Morgan fingerprint density at radius 3 is 2.53 bits per heavy atom. The number of carboxylic acids is 1. The second kappa shape index (κ2) is 10.5. The van der Waals surface area contributed by atoms with Gasteiger partial charge in [-0.25, -0.2) is 0 Å². The molecule has 4 N–H and O–H groups in total. The van der Waals surface area contributed by atoms with Crippen molar-refractivity contribution in [1.29, 1.82) is 0 Å². The Morgan fingerprint density at radius 2 is 1.94 bits per heavy atom. The smallest absolute Gasteiger partial charge is 0.311 e. The molecule has 0 saturated heterocycles. The number of esters is 1. The van der Waals surface area contributed by atoms with Gasteiger partial charge in [0.05, 0.1) is 29.6 Å². The van der Waals surface area contributed by atoms with Crippen molar-refractivity contribution in [1.82, 2.24) is 0 Å². The van der Waals surface area contributed by atoms with Crippen LogP contribution in [0.25, 0.3) is 0 Å². The Morgan fingerprint density at radius 1 is 1.28 bits per heavy atom. The van der Waals surface area contributed by atoms with E-state index in [1.807, 2.05) is 32.9 Å². The van der Waals surface area contributed by atoms with Crippen LogP contribution in [-0.4, -0.2) is 56.3 Å². The molecule has 0 radical (unpaired) electrons. The molecule has 0 amide bonds. The minimum Gasteiger partial charge on any atom is -0.481 e. The molecule has 0 bridgehead atoms. The number of carbonyl (C=O) groups excluding carboxylic acids is 1. The lowest BCUT2D eigenvalue weighted by Gasteiger charge is -2.45. The molecule has 7 atom stereocenters.